The number of carbonyl (C=O) groups excluding carboxylic acids is 1. The van der Waals surface area contributed by atoms with E-state index in [1.54, 1.807) is 20.8 Å². The summed E-state index contributed by atoms with van der Waals surface area (Å²) < 4.78 is 39.7. The van der Waals surface area contributed by atoms with Gasteiger partial charge in [-0.05, 0) is 23.1 Å². The number of anilines is 1. The van der Waals surface area contributed by atoms with Gasteiger partial charge in [0.15, 0.2) is 0 Å². The van der Waals surface area contributed by atoms with E-state index in [2.05, 4.69) is 5.32 Å². The number of amides is 2. The molecule has 116 valence electrons. The number of alkyl halides is 3. The number of halogens is 4. The number of nitrogens with one attached hydrogen (secondary N) is 1. The van der Waals surface area contributed by atoms with Crippen LogP contribution in [-0.2, 0) is 11.6 Å². The van der Waals surface area contributed by atoms with E-state index < -0.39 is 17.2 Å². The van der Waals surface area contributed by atoms with E-state index >= 15 is 0 Å². The minimum atomic E-state index is -4.54. The fraction of sp³-hybridized carbons (Fsp3) is 0.500. The summed E-state index contributed by atoms with van der Waals surface area (Å²) >= 11 is 5.87. The molecular weight excluding hydrogens is 305 g/mol. The maximum absolute atomic E-state index is 13.2. The lowest BCUT2D eigenvalue weighted by atomic mass is 9.83. The molecule has 0 spiro atoms. The Morgan fingerprint density at radius 3 is 2.29 bits per heavy atom. The SMILES string of the molecule is CC(C)(C)c1cc(N2CCNC2=O)cc(Cl)c1C(F)(F)F. The number of urea groups is 1. The van der Waals surface area contributed by atoms with Gasteiger partial charge in [0.2, 0.25) is 0 Å². The number of benzene rings is 1. The lowest BCUT2D eigenvalue weighted by Crippen LogP contribution is -2.29. The van der Waals surface area contributed by atoms with Crippen LogP contribution in [0.25, 0.3) is 0 Å². The molecule has 0 aliphatic carbocycles. The summed E-state index contributed by atoms with van der Waals surface area (Å²) in [6.45, 7) is 5.91. The quantitative estimate of drug-likeness (QED) is 0.827. The van der Waals surface area contributed by atoms with Gasteiger partial charge in [-0.2, -0.15) is 13.2 Å². The van der Waals surface area contributed by atoms with E-state index in [0.29, 0.717) is 18.8 Å². The van der Waals surface area contributed by atoms with Crippen LogP contribution in [0.2, 0.25) is 5.02 Å². The predicted molar refractivity (Wildman–Crippen MR) is 75.9 cm³/mol. The normalized spacial score (nSPS) is 16.3. The Morgan fingerprint density at radius 2 is 1.86 bits per heavy atom. The van der Waals surface area contributed by atoms with Gasteiger partial charge < -0.3 is 5.32 Å². The zero-order valence-corrected chi connectivity index (χ0v) is 12.7. The second-order valence-corrected chi connectivity index (χ2v) is 6.39. The molecule has 1 heterocycles. The number of nitrogens with zero attached hydrogens (tertiary/aromatic N) is 1. The van der Waals surface area contributed by atoms with Crippen molar-refractivity contribution in [3.8, 4) is 0 Å². The zero-order chi connectivity index (χ0) is 16.0. The topological polar surface area (TPSA) is 32.3 Å². The zero-order valence-electron chi connectivity index (χ0n) is 11.9. The summed E-state index contributed by atoms with van der Waals surface area (Å²) in [7, 11) is 0. The van der Waals surface area contributed by atoms with Gasteiger partial charge in [-0.1, -0.05) is 32.4 Å². The van der Waals surface area contributed by atoms with Crippen LogP contribution in [0.4, 0.5) is 23.7 Å². The average Bonchev–Trinajstić information content (AvgIpc) is 2.71. The highest BCUT2D eigenvalue weighted by molar-refractivity contribution is 6.32. The molecule has 1 saturated heterocycles. The van der Waals surface area contributed by atoms with Crippen molar-refractivity contribution in [2.24, 2.45) is 0 Å². The Bertz CT molecular complexity index is 579. The Labute approximate surface area is 126 Å². The summed E-state index contributed by atoms with van der Waals surface area (Å²) in [5.41, 5.74) is -1.12. The summed E-state index contributed by atoms with van der Waals surface area (Å²) in [4.78, 5) is 13.1. The minimum Gasteiger partial charge on any atom is -0.336 e. The molecule has 21 heavy (non-hydrogen) atoms. The van der Waals surface area contributed by atoms with Crippen molar-refractivity contribution in [1.82, 2.24) is 5.32 Å². The number of hydrogen-bond acceptors (Lipinski definition) is 1. The first kappa shape index (κ1) is 15.9. The molecule has 7 heteroatoms. The number of carbonyl (C=O) groups is 1. The van der Waals surface area contributed by atoms with E-state index in [1.807, 2.05) is 0 Å². The van der Waals surface area contributed by atoms with E-state index in [0.717, 1.165) is 0 Å². The van der Waals surface area contributed by atoms with Crippen LogP contribution in [0.3, 0.4) is 0 Å². The molecule has 1 aromatic carbocycles. The molecule has 2 amide bonds. The van der Waals surface area contributed by atoms with Crippen LogP contribution < -0.4 is 10.2 Å². The number of rotatable bonds is 1. The van der Waals surface area contributed by atoms with Crippen LogP contribution in [0.15, 0.2) is 12.1 Å². The highest BCUT2D eigenvalue weighted by atomic mass is 35.5. The molecule has 0 saturated carbocycles. The van der Waals surface area contributed by atoms with Crippen molar-refractivity contribution in [2.75, 3.05) is 18.0 Å². The molecule has 2 rings (SSSR count). The van der Waals surface area contributed by atoms with E-state index in [4.69, 9.17) is 11.6 Å². The molecule has 0 radical (unpaired) electrons. The Kier molecular flexibility index (Phi) is 3.86. The maximum Gasteiger partial charge on any atom is 0.418 e. The molecule has 1 fully saturated rings. The van der Waals surface area contributed by atoms with Gasteiger partial charge >= 0.3 is 12.2 Å². The highest BCUT2D eigenvalue weighted by Gasteiger charge is 2.39. The van der Waals surface area contributed by atoms with Crippen molar-refractivity contribution in [1.29, 1.82) is 0 Å². The lowest BCUT2D eigenvalue weighted by Gasteiger charge is -2.27. The van der Waals surface area contributed by atoms with Gasteiger partial charge in [-0.25, -0.2) is 4.79 Å². The van der Waals surface area contributed by atoms with Crippen LogP contribution in [0.1, 0.15) is 31.9 Å². The first-order valence-corrected chi connectivity index (χ1v) is 6.86. The van der Waals surface area contributed by atoms with E-state index in [-0.39, 0.29) is 16.6 Å². The highest BCUT2D eigenvalue weighted by Crippen LogP contribution is 2.43. The second kappa shape index (κ2) is 5.09. The molecule has 1 aliphatic heterocycles. The summed E-state index contributed by atoms with van der Waals surface area (Å²) in [6, 6.07) is 2.27. The maximum atomic E-state index is 13.2. The van der Waals surface area contributed by atoms with E-state index in [1.165, 1.54) is 17.0 Å². The standard InChI is InChI=1S/C14H16ClF3N2O/c1-13(2,3)9-6-8(20-5-4-19-12(20)21)7-10(15)11(9)14(16,17)18/h6-7H,4-5H2,1-3H3,(H,19,21). The van der Waals surface area contributed by atoms with Gasteiger partial charge in [0.05, 0.1) is 10.6 Å². The molecular formula is C14H16ClF3N2O. The molecule has 0 aromatic heterocycles. The molecule has 0 bridgehead atoms. The Hall–Kier alpha value is -1.43. The minimum absolute atomic E-state index is 0.0807. The van der Waals surface area contributed by atoms with Crippen molar-refractivity contribution in [3.63, 3.8) is 0 Å². The van der Waals surface area contributed by atoms with Gasteiger partial charge in [0, 0.05) is 18.8 Å². The second-order valence-electron chi connectivity index (χ2n) is 5.98. The Morgan fingerprint density at radius 1 is 1.24 bits per heavy atom. The van der Waals surface area contributed by atoms with Gasteiger partial charge in [-0.15, -0.1) is 0 Å². The van der Waals surface area contributed by atoms with Crippen molar-refractivity contribution in [3.05, 3.63) is 28.3 Å². The third-order valence-corrected chi connectivity index (χ3v) is 3.63. The fourth-order valence-corrected chi connectivity index (χ4v) is 2.67. The smallest absolute Gasteiger partial charge is 0.336 e. The third-order valence-electron chi connectivity index (χ3n) is 3.33. The van der Waals surface area contributed by atoms with Crippen LogP contribution in [0.5, 0.6) is 0 Å². The summed E-state index contributed by atoms with van der Waals surface area (Å²) in [5.74, 6) is 0. The van der Waals surface area contributed by atoms with Crippen LogP contribution in [-0.4, -0.2) is 19.1 Å². The van der Waals surface area contributed by atoms with Crippen LogP contribution >= 0.6 is 11.6 Å². The monoisotopic (exact) mass is 320 g/mol. The van der Waals surface area contributed by atoms with Gasteiger partial charge in [-0.3, -0.25) is 4.90 Å². The summed E-state index contributed by atoms with van der Waals surface area (Å²) in [6.07, 6.45) is -4.54. The molecule has 1 N–H and O–H groups in total. The molecule has 0 atom stereocenters. The van der Waals surface area contributed by atoms with Gasteiger partial charge in [0.25, 0.3) is 0 Å². The summed E-state index contributed by atoms with van der Waals surface area (Å²) in [5, 5.41) is 2.23. The average molecular weight is 321 g/mol. The van der Waals surface area contributed by atoms with Crippen molar-refractivity contribution in [2.45, 2.75) is 32.4 Å². The largest absolute Gasteiger partial charge is 0.418 e. The predicted octanol–water partition coefficient (Wildman–Crippen LogP) is 4.19. The van der Waals surface area contributed by atoms with Crippen molar-refractivity contribution >= 4 is 23.3 Å². The first-order valence-electron chi connectivity index (χ1n) is 6.48. The van der Waals surface area contributed by atoms with Crippen LogP contribution in [0, 0.1) is 0 Å². The third kappa shape index (κ3) is 3.10. The molecule has 3 nitrogen and oxygen atoms in total. The van der Waals surface area contributed by atoms with Gasteiger partial charge in [0.1, 0.15) is 0 Å². The molecule has 1 aromatic rings. The lowest BCUT2D eigenvalue weighted by molar-refractivity contribution is -0.138. The fourth-order valence-electron chi connectivity index (χ4n) is 2.35. The molecule has 1 aliphatic rings. The first-order chi connectivity index (χ1) is 9.51. The molecule has 0 unspecified atom stereocenters. The van der Waals surface area contributed by atoms with Crippen molar-refractivity contribution < 1.29 is 18.0 Å². The Balaban J connectivity index is 2.64. The number of hydrogen-bond donors (Lipinski definition) is 1. The van der Waals surface area contributed by atoms with E-state index in [9.17, 15) is 18.0 Å².